The Balaban J connectivity index is 2.46. The second-order valence-electron chi connectivity index (χ2n) is 5.74. The molecule has 3 nitrogen and oxygen atoms in total. The van der Waals surface area contributed by atoms with Crippen molar-refractivity contribution < 1.29 is 9.47 Å². The quantitative estimate of drug-likeness (QED) is 0.728. The molecule has 102 valence electrons. The molecular formula is C14H29NO2. The molecule has 0 aromatic carbocycles. The average molecular weight is 243 g/mol. The highest BCUT2D eigenvalue weighted by molar-refractivity contribution is 4.85. The lowest BCUT2D eigenvalue weighted by Gasteiger charge is -2.38. The number of rotatable bonds is 6. The van der Waals surface area contributed by atoms with E-state index in [1.54, 1.807) is 14.2 Å². The highest BCUT2D eigenvalue weighted by Gasteiger charge is 2.30. The van der Waals surface area contributed by atoms with Gasteiger partial charge in [-0.15, -0.1) is 0 Å². The molecule has 1 fully saturated rings. The third-order valence-corrected chi connectivity index (χ3v) is 4.09. The van der Waals surface area contributed by atoms with Crippen molar-refractivity contribution in [1.82, 2.24) is 5.32 Å². The van der Waals surface area contributed by atoms with Crippen LogP contribution in [-0.2, 0) is 9.47 Å². The standard InChI is InChI=1S/C14H29NO2/c1-10(2)12-7-6-11(3)8-13(12)15-9-14(16-4)17-5/h10-15H,6-9H2,1-5H3. The van der Waals surface area contributed by atoms with E-state index in [1.165, 1.54) is 19.3 Å². The molecule has 3 heteroatoms. The van der Waals surface area contributed by atoms with Crippen LogP contribution in [-0.4, -0.2) is 33.1 Å². The summed E-state index contributed by atoms with van der Waals surface area (Å²) >= 11 is 0. The Morgan fingerprint density at radius 2 is 1.82 bits per heavy atom. The Labute approximate surface area is 106 Å². The van der Waals surface area contributed by atoms with Crippen LogP contribution in [0.5, 0.6) is 0 Å². The number of hydrogen-bond acceptors (Lipinski definition) is 3. The van der Waals surface area contributed by atoms with E-state index < -0.39 is 0 Å². The first kappa shape index (κ1) is 14.9. The van der Waals surface area contributed by atoms with E-state index in [4.69, 9.17) is 9.47 Å². The Hall–Kier alpha value is -0.120. The topological polar surface area (TPSA) is 30.5 Å². The summed E-state index contributed by atoms with van der Waals surface area (Å²) in [5.41, 5.74) is 0. The smallest absolute Gasteiger partial charge is 0.169 e. The van der Waals surface area contributed by atoms with Gasteiger partial charge in [0, 0.05) is 26.8 Å². The van der Waals surface area contributed by atoms with Gasteiger partial charge in [0.25, 0.3) is 0 Å². The first-order chi connectivity index (χ1) is 8.08. The number of methoxy groups -OCH3 is 2. The Morgan fingerprint density at radius 3 is 2.35 bits per heavy atom. The summed E-state index contributed by atoms with van der Waals surface area (Å²) in [6, 6.07) is 0.617. The minimum absolute atomic E-state index is 0.125. The molecule has 0 saturated heterocycles. The first-order valence-electron chi connectivity index (χ1n) is 6.87. The summed E-state index contributed by atoms with van der Waals surface area (Å²) in [5.74, 6) is 2.38. The van der Waals surface area contributed by atoms with Gasteiger partial charge in [0.1, 0.15) is 0 Å². The summed E-state index contributed by atoms with van der Waals surface area (Å²) in [7, 11) is 3.39. The van der Waals surface area contributed by atoms with Crippen LogP contribution < -0.4 is 5.32 Å². The van der Waals surface area contributed by atoms with Crippen LogP contribution in [0.1, 0.15) is 40.0 Å². The normalized spacial score (nSPS) is 30.2. The lowest BCUT2D eigenvalue weighted by Crippen LogP contribution is -2.46. The Bertz CT molecular complexity index is 204. The van der Waals surface area contributed by atoms with Gasteiger partial charge in [-0.1, -0.05) is 27.2 Å². The molecule has 0 amide bonds. The first-order valence-corrected chi connectivity index (χ1v) is 6.87. The highest BCUT2D eigenvalue weighted by Crippen LogP contribution is 2.33. The number of hydrogen-bond donors (Lipinski definition) is 1. The lowest BCUT2D eigenvalue weighted by molar-refractivity contribution is -0.102. The van der Waals surface area contributed by atoms with Gasteiger partial charge in [-0.2, -0.15) is 0 Å². The number of nitrogens with one attached hydrogen (secondary N) is 1. The monoisotopic (exact) mass is 243 g/mol. The molecule has 0 aromatic heterocycles. The summed E-state index contributed by atoms with van der Waals surface area (Å²) < 4.78 is 10.5. The van der Waals surface area contributed by atoms with Crippen molar-refractivity contribution in [3.05, 3.63) is 0 Å². The van der Waals surface area contributed by atoms with E-state index in [1.807, 2.05) is 0 Å². The van der Waals surface area contributed by atoms with Gasteiger partial charge in [-0.3, -0.25) is 0 Å². The van der Waals surface area contributed by atoms with Gasteiger partial charge in [0.05, 0.1) is 0 Å². The van der Waals surface area contributed by atoms with Gasteiger partial charge in [-0.05, 0) is 30.6 Å². The Morgan fingerprint density at radius 1 is 1.18 bits per heavy atom. The molecule has 17 heavy (non-hydrogen) atoms. The van der Waals surface area contributed by atoms with Crippen molar-refractivity contribution in [2.24, 2.45) is 17.8 Å². The van der Waals surface area contributed by atoms with Gasteiger partial charge in [0.2, 0.25) is 0 Å². The SMILES string of the molecule is COC(CNC1CC(C)CCC1C(C)C)OC. The maximum atomic E-state index is 5.23. The minimum atomic E-state index is -0.125. The molecule has 3 unspecified atom stereocenters. The van der Waals surface area contributed by atoms with Crippen molar-refractivity contribution >= 4 is 0 Å². The fraction of sp³-hybridized carbons (Fsp3) is 1.00. The van der Waals surface area contributed by atoms with Crippen LogP contribution in [0.2, 0.25) is 0 Å². The maximum Gasteiger partial charge on any atom is 0.169 e. The predicted molar refractivity (Wildman–Crippen MR) is 70.9 cm³/mol. The molecule has 1 rings (SSSR count). The summed E-state index contributed by atoms with van der Waals surface area (Å²) in [4.78, 5) is 0. The fourth-order valence-electron chi connectivity index (χ4n) is 2.95. The van der Waals surface area contributed by atoms with Gasteiger partial charge in [-0.25, -0.2) is 0 Å². The van der Waals surface area contributed by atoms with Crippen molar-refractivity contribution in [2.45, 2.75) is 52.4 Å². The van der Waals surface area contributed by atoms with Crippen molar-refractivity contribution in [2.75, 3.05) is 20.8 Å². The van der Waals surface area contributed by atoms with Gasteiger partial charge < -0.3 is 14.8 Å². The van der Waals surface area contributed by atoms with Gasteiger partial charge in [0.15, 0.2) is 6.29 Å². The van der Waals surface area contributed by atoms with E-state index in [0.717, 1.165) is 24.3 Å². The molecule has 1 aliphatic carbocycles. The molecule has 0 bridgehead atoms. The Kier molecular flexibility index (Phi) is 6.45. The van der Waals surface area contributed by atoms with Crippen LogP contribution in [0.15, 0.2) is 0 Å². The lowest BCUT2D eigenvalue weighted by atomic mass is 9.74. The molecule has 1 saturated carbocycles. The number of ether oxygens (including phenoxy) is 2. The maximum absolute atomic E-state index is 5.23. The third-order valence-electron chi connectivity index (χ3n) is 4.09. The second kappa shape index (κ2) is 7.34. The predicted octanol–water partition coefficient (Wildman–Crippen LogP) is 2.66. The van der Waals surface area contributed by atoms with E-state index in [9.17, 15) is 0 Å². The molecule has 0 heterocycles. The molecule has 0 spiro atoms. The third kappa shape index (κ3) is 4.57. The molecule has 0 radical (unpaired) electrons. The van der Waals surface area contributed by atoms with Crippen LogP contribution in [0.25, 0.3) is 0 Å². The van der Waals surface area contributed by atoms with Crippen LogP contribution >= 0.6 is 0 Å². The van der Waals surface area contributed by atoms with E-state index in [-0.39, 0.29) is 6.29 Å². The van der Waals surface area contributed by atoms with Crippen molar-refractivity contribution in [1.29, 1.82) is 0 Å². The van der Waals surface area contributed by atoms with E-state index in [2.05, 4.69) is 26.1 Å². The molecule has 1 aliphatic rings. The minimum Gasteiger partial charge on any atom is -0.355 e. The second-order valence-corrected chi connectivity index (χ2v) is 5.74. The molecule has 1 N–H and O–H groups in total. The molecule has 0 aromatic rings. The molecule has 3 atom stereocenters. The molecular weight excluding hydrogens is 214 g/mol. The fourth-order valence-corrected chi connectivity index (χ4v) is 2.95. The largest absolute Gasteiger partial charge is 0.355 e. The summed E-state index contributed by atoms with van der Waals surface area (Å²) in [6.45, 7) is 7.81. The van der Waals surface area contributed by atoms with E-state index in [0.29, 0.717) is 6.04 Å². The van der Waals surface area contributed by atoms with Crippen LogP contribution in [0.4, 0.5) is 0 Å². The summed E-state index contributed by atoms with van der Waals surface area (Å²) in [5, 5.41) is 3.64. The zero-order valence-corrected chi connectivity index (χ0v) is 12.0. The zero-order chi connectivity index (χ0) is 12.8. The van der Waals surface area contributed by atoms with Crippen LogP contribution in [0, 0.1) is 17.8 Å². The van der Waals surface area contributed by atoms with Crippen molar-refractivity contribution in [3.63, 3.8) is 0 Å². The highest BCUT2D eigenvalue weighted by atomic mass is 16.7. The van der Waals surface area contributed by atoms with Crippen LogP contribution in [0.3, 0.4) is 0 Å². The van der Waals surface area contributed by atoms with Crippen molar-refractivity contribution in [3.8, 4) is 0 Å². The van der Waals surface area contributed by atoms with Gasteiger partial charge >= 0.3 is 0 Å². The summed E-state index contributed by atoms with van der Waals surface area (Å²) in [6.07, 6.45) is 3.88. The zero-order valence-electron chi connectivity index (χ0n) is 12.0. The van der Waals surface area contributed by atoms with E-state index >= 15 is 0 Å². The average Bonchev–Trinajstić information content (AvgIpc) is 2.30. The molecule has 0 aliphatic heterocycles.